The van der Waals surface area contributed by atoms with E-state index in [1.807, 2.05) is 24.3 Å². The fourth-order valence-electron chi connectivity index (χ4n) is 10.7. The highest BCUT2D eigenvalue weighted by molar-refractivity contribution is 5.76. The van der Waals surface area contributed by atoms with Gasteiger partial charge in [0.25, 0.3) is 0 Å². The Kier molecular flexibility index (Phi) is 63.7. The minimum Gasteiger partial charge on any atom is -0.491 e. The van der Waals surface area contributed by atoms with Crippen molar-refractivity contribution in [1.29, 1.82) is 0 Å². The minimum atomic E-state index is 0.442. The first-order chi connectivity index (χ1) is 58.7. The van der Waals surface area contributed by atoms with E-state index in [1.165, 1.54) is 0 Å². The van der Waals surface area contributed by atoms with Crippen LogP contribution in [0.1, 0.15) is 0 Å². The summed E-state index contributed by atoms with van der Waals surface area (Å²) in [5.74, 6) is 1.59. The van der Waals surface area contributed by atoms with Gasteiger partial charge in [-0.05, 0) is 79.9 Å². The number of hydrogen-bond acceptors (Lipinski definition) is 28. The highest BCUT2D eigenvalue weighted by Gasteiger charge is 2.09. The number of hydrogen-bond donors (Lipinski definition) is 0. The molecule has 118 heavy (non-hydrogen) atoms. The molecule has 0 unspecified atom stereocenters. The van der Waals surface area contributed by atoms with Crippen molar-refractivity contribution in [2.24, 2.45) is 0 Å². The van der Waals surface area contributed by atoms with E-state index in [9.17, 15) is 0 Å². The summed E-state index contributed by atoms with van der Waals surface area (Å²) >= 11 is 0. The summed E-state index contributed by atoms with van der Waals surface area (Å²) in [5.41, 5.74) is 11.5. The Morgan fingerprint density at radius 3 is 0.297 bits per heavy atom. The molecule has 662 valence electrons. The van der Waals surface area contributed by atoms with Gasteiger partial charge in [0.05, 0.1) is 330 Å². The van der Waals surface area contributed by atoms with E-state index in [-0.39, 0.29) is 0 Å². The van der Waals surface area contributed by atoms with Gasteiger partial charge in [0.15, 0.2) is 0 Å². The average molecular weight is 1660 g/mol. The van der Waals surface area contributed by atoms with E-state index in [2.05, 4.69) is 121 Å². The first-order valence-electron chi connectivity index (χ1n) is 41.4. The maximum absolute atomic E-state index is 5.94. The van der Waals surface area contributed by atoms with Gasteiger partial charge in [-0.1, -0.05) is 121 Å². The fourth-order valence-corrected chi connectivity index (χ4v) is 10.7. The Bertz CT molecular complexity index is 2930. The molecule has 0 spiro atoms. The maximum Gasteiger partial charge on any atom is 0.119 e. The largest absolute Gasteiger partial charge is 0.491 e. The number of ether oxygens (including phenoxy) is 28. The Hall–Kier alpha value is -6.12. The van der Waals surface area contributed by atoms with Gasteiger partial charge in [-0.3, -0.25) is 0 Å². The first-order valence-corrected chi connectivity index (χ1v) is 41.4. The zero-order valence-electron chi connectivity index (χ0n) is 70.1. The second-order valence-corrected chi connectivity index (χ2v) is 25.7. The van der Waals surface area contributed by atoms with Crippen LogP contribution < -0.4 is 9.47 Å². The molecule has 0 N–H and O–H groups in total. The van der Waals surface area contributed by atoms with E-state index in [0.29, 0.717) is 344 Å². The Labute approximate surface area is 700 Å². The maximum atomic E-state index is 5.94. The van der Waals surface area contributed by atoms with Crippen molar-refractivity contribution in [2.45, 2.75) is 0 Å². The monoisotopic (exact) mass is 1660 g/mol. The summed E-state index contributed by atoms with van der Waals surface area (Å²) in [6, 6.07) is 51.1. The van der Waals surface area contributed by atoms with Crippen LogP contribution in [0.3, 0.4) is 0 Å². The molecule has 28 nitrogen and oxygen atoms in total. The van der Waals surface area contributed by atoms with Crippen LogP contribution >= 0.6 is 0 Å². The highest BCUT2D eigenvalue weighted by Crippen LogP contribution is 2.31. The molecule has 0 aliphatic heterocycles. The van der Waals surface area contributed by atoms with Crippen molar-refractivity contribution in [3.05, 3.63) is 146 Å². The molecule has 6 rings (SSSR count). The molecule has 0 amide bonds. The Morgan fingerprint density at radius 2 is 0.195 bits per heavy atom. The van der Waals surface area contributed by atoms with Gasteiger partial charge < -0.3 is 133 Å². The van der Waals surface area contributed by atoms with Gasteiger partial charge in [-0.25, -0.2) is 0 Å². The third-order valence-corrected chi connectivity index (χ3v) is 17.0. The topological polar surface area (TPSA) is 258 Å². The Morgan fingerprint density at radius 1 is 0.110 bits per heavy atom. The summed E-state index contributed by atoms with van der Waals surface area (Å²) in [7, 11) is 3.29. The molecule has 0 radical (unpaired) electrons. The molecule has 0 aliphatic carbocycles. The zero-order valence-corrected chi connectivity index (χ0v) is 70.1. The standard InChI is InChI=1S/C90H134O28/c1-91-27-29-93-31-33-95-35-37-97-39-41-99-43-45-101-47-49-103-51-53-105-55-57-107-59-61-109-63-65-111-67-69-113-71-73-115-75-77-117-89-23-19-87(20-24-89)85-15-11-83(12-16-85)81-7-3-79(4-8-81)80-5-9-82(10-6-80)84-13-17-86(18-14-84)88-21-25-90(26-22-88)118-78-76-116-74-72-114-70-68-112-66-64-110-62-60-108-58-56-106-54-52-104-50-48-102-46-44-100-42-40-98-38-36-96-34-32-94-30-28-92-2/h3-26H,27-78H2,1-2H3. The number of methoxy groups -OCH3 is 2. The molecule has 0 aromatic heterocycles. The van der Waals surface area contributed by atoms with Crippen LogP contribution in [0.4, 0.5) is 0 Å². The van der Waals surface area contributed by atoms with Crippen LogP contribution in [0, 0.1) is 0 Å². The highest BCUT2D eigenvalue weighted by atomic mass is 16.6. The predicted octanol–water partition coefficient (Wildman–Crippen LogP) is 10.5. The molecule has 0 saturated carbocycles. The summed E-state index contributed by atoms with van der Waals surface area (Å²) in [5, 5.41) is 0. The quantitative estimate of drug-likeness (QED) is 0.0321. The van der Waals surface area contributed by atoms with E-state index in [4.69, 9.17) is 133 Å². The number of rotatable bonds is 85. The third kappa shape index (κ3) is 53.6. The predicted molar refractivity (Wildman–Crippen MR) is 448 cm³/mol. The van der Waals surface area contributed by atoms with E-state index in [1.54, 1.807) is 14.2 Å². The van der Waals surface area contributed by atoms with E-state index >= 15 is 0 Å². The second kappa shape index (κ2) is 74.7. The van der Waals surface area contributed by atoms with Crippen LogP contribution in [0.15, 0.2) is 146 Å². The normalized spacial score (nSPS) is 11.6. The molecular formula is C90H134O28. The lowest BCUT2D eigenvalue weighted by Crippen LogP contribution is -2.15. The van der Waals surface area contributed by atoms with Crippen molar-refractivity contribution in [2.75, 3.05) is 358 Å². The van der Waals surface area contributed by atoms with Gasteiger partial charge in [0.1, 0.15) is 24.7 Å². The van der Waals surface area contributed by atoms with Crippen molar-refractivity contribution in [3.63, 3.8) is 0 Å². The molecule has 0 bridgehead atoms. The molecule has 28 heteroatoms. The van der Waals surface area contributed by atoms with Crippen molar-refractivity contribution < 1.29 is 133 Å². The van der Waals surface area contributed by atoms with Crippen LogP contribution in [0.25, 0.3) is 55.6 Å². The molecule has 0 saturated heterocycles. The first kappa shape index (κ1) is 101. The Balaban J connectivity index is 0.652. The molecule has 0 atom stereocenters. The van der Waals surface area contributed by atoms with Gasteiger partial charge in [-0.15, -0.1) is 0 Å². The zero-order chi connectivity index (χ0) is 82.5. The lowest BCUT2D eigenvalue weighted by molar-refractivity contribution is -0.0289. The summed E-state index contributed by atoms with van der Waals surface area (Å²) in [6.07, 6.45) is 0. The summed E-state index contributed by atoms with van der Waals surface area (Å²) in [4.78, 5) is 0. The molecule has 0 aliphatic rings. The second-order valence-electron chi connectivity index (χ2n) is 25.7. The van der Waals surface area contributed by atoms with Crippen molar-refractivity contribution in [3.8, 4) is 67.1 Å². The van der Waals surface area contributed by atoms with E-state index in [0.717, 1.165) is 67.1 Å². The average Bonchev–Trinajstić information content (AvgIpc) is 0.832. The number of benzene rings is 6. The van der Waals surface area contributed by atoms with Crippen molar-refractivity contribution >= 4 is 0 Å². The fraction of sp³-hybridized carbons (Fsp3) is 0.600. The van der Waals surface area contributed by atoms with Crippen molar-refractivity contribution in [1.82, 2.24) is 0 Å². The molecule has 6 aromatic rings. The minimum absolute atomic E-state index is 0.442. The summed E-state index contributed by atoms with van der Waals surface area (Å²) in [6.45, 7) is 26.0. The smallest absolute Gasteiger partial charge is 0.119 e. The van der Waals surface area contributed by atoms with Gasteiger partial charge in [-0.2, -0.15) is 0 Å². The molecule has 0 heterocycles. The van der Waals surface area contributed by atoms with Gasteiger partial charge in [0.2, 0.25) is 0 Å². The van der Waals surface area contributed by atoms with E-state index < -0.39 is 0 Å². The SMILES string of the molecule is COCCOCCOCCOCCOCCOCCOCCOCCOCCOCCOCCOCCOCCOc1ccc(-c2ccc(-c3ccc(-c4ccc(-c5ccc(-c6ccc(OCCOCCOCCOCCOCCOCCOCCOCCOCCOCCOCCOCCOCCOC)cc6)cc5)cc4)cc3)cc2)cc1. The van der Waals surface area contributed by atoms with Gasteiger partial charge in [0, 0.05) is 14.2 Å². The lowest BCUT2D eigenvalue weighted by Gasteiger charge is -2.10. The lowest BCUT2D eigenvalue weighted by atomic mass is 9.96. The van der Waals surface area contributed by atoms with Crippen LogP contribution in [-0.4, -0.2) is 358 Å². The third-order valence-electron chi connectivity index (χ3n) is 17.0. The molecular weight excluding hydrogens is 1530 g/mol. The molecule has 6 aromatic carbocycles. The molecule has 0 fully saturated rings. The van der Waals surface area contributed by atoms with Gasteiger partial charge >= 0.3 is 0 Å². The summed E-state index contributed by atoms with van der Waals surface area (Å²) < 4.78 is 155. The van der Waals surface area contributed by atoms with Crippen LogP contribution in [0.5, 0.6) is 11.5 Å². The van der Waals surface area contributed by atoms with Crippen LogP contribution in [0.2, 0.25) is 0 Å². The van der Waals surface area contributed by atoms with Crippen LogP contribution in [-0.2, 0) is 123 Å².